The van der Waals surface area contributed by atoms with Crippen LogP contribution in [-0.2, 0) is 9.59 Å². The molecule has 0 fully saturated rings. The third-order valence-corrected chi connectivity index (χ3v) is 4.48. The van der Waals surface area contributed by atoms with E-state index in [1.165, 1.54) is 0 Å². The summed E-state index contributed by atoms with van der Waals surface area (Å²) in [5.41, 5.74) is 1.48. The number of hydrogen-bond donors (Lipinski definition) is 2. The molecule has 2 rings (SSSR count). The molecule has 7 nitrogen and oxygen atoms in total. The van der Waals surface area contributed by atoms with E-state index in [4.69, 9.17) is 14.3 Å². The van der Waals surface area contributed by atoms with Gasteiger partial charge < -0.3 is 19.6 Å². The Morgan fingerprint density at radius 1 is 1.19 bits per heavy atom. The Morgan fingerprint density at radius 2 is 1.93 bits per heavy atom. The number of carboxylic acids is 1. The van der Waals surface area contributed by atoms with E-state index < -0.39 is 12.1 Å². The van der Waals surface area contributed by atoms with Crippen molar-refractivity contribution in [2.24, 2.45) is 0 Å². The van der Waals surface area contributed by atoms with Crippen LogP contribution >= 0.6 is 0 Å². The lowest BCUT2D eigenvalue weighted by molar-refractivity contribution is -0.137. The Kier molecular flexibility index (Phi) is 6.98. The van der Waals surface area contributed by atoms with Crippen LogP contribution in [0.4, 0.5) is 0 Å². The van der Waals surface area contributed by atoms with Crippen LogP contribution in [-0.4, -0.2) is 29.6 Å². The van der Waals surface area contributed by atoms with Gasteiger partial charge in [-0.25, -0.2) is 4.79 Å². The van der Waals surface area contributed by atoms with Crippen LogP contribution in [0.2, 0.25) is 0 Å². The number of benzene rings is 1. The molecule has 0 aliphatic heterocycles. The monoisotopic (exact) mass is 375 g/mol. The van der Waals surface area contributed by atoms with Crippen molar-refractivity contribution < 1.29 is 23.8 Å². The molecule has 1 amide bonds. The minimum Gasteiger partial charge on any atom is -0.481 e. The molecule has 1 heterocycles. The average Bonchev–Trinajstić information content (AvgIpc) is 2.62. The fourth-order valence-electron chi connectivity index (χ4n) is 2.69. The lowest BCUT2D eigenvalue weighted by Crippen LogP contribution is -2.36. The summed E-state index contributed by atoms with van der Waals surface area (Å²) in [5.74, 6) is -0.620. The molecule has 7 heteroatoms. The van der Waals surface area contributed by atoms with E-state index in [1.54, 1.807) is 26.0 Å². The molecule has 0 aliphatic carbocycles. The standard InChI is InChI=1S/C20H25NO6/c1-12-13(2)20(25)27-17-11-15(8-9-16(12)17)26-14(3)19(24)21-10-6-4-5-7-18(22)23/h8-9,11,14H,4-7,10H2,1-3H3,(H,21,24)(H,22,23). The predicted molar refractivity (Wildman–Crippen MR) is 101 cm³/mol. The summed E-state index contributed by atoms with van der Waals surface area (Å²) >= 11 is 0. The predicted octanol–water partition coefficient (Wildman–Crippen LogP) is 2.94. The maximum Gasteiger partial charge on any atom is 0.339 e. The molecule has 1 aromatic carbocycles. The van der Waals surface area contributed by atoms with Gasteiger partial charge in [0, 0.05) is 30.0 Å². The minimum absolute atomic E-state index is 0.143. The van der Waals surface area contributed by atoms with Gasteiger partial charge in [-0.1, -0.05) is 6.42 Å². The van der Waals surface area contributed by atoms with Crippen molar-refractivity contribution in [3.05, 3.63) is 39.7 Å². The van der Waals surface area contributed by atoms with Crippen molar-refractivity contribution in [1.29, 1.82) is 0 Å². The van der Waals surface area contributed by atoms with E-state index in [9.17, 15) is 14.4 Å². The van der Waals surface area contributed by atoms with Crippen LogP contribution in [0.25, 0.3) is 11.0 Å². The Hall–Kier alpha value is -2.83. The smallest absolute Gasteiger partial charge is 0.339 e. The van der Waals surface area contributed by atoms with Crippen molar-refractivity contribution in [3.8, 4) is 5.75 Å². The van der Waals surface area contributed by atoms with Gasteiger partial charge in [-0.2, -0.15) is 0 Å². The van der Waals surface area contributed by atoms with Gasteiger partial charge in [0.25, 0.3) is 5.91 Å². The van der Waals surface area contributed by atoms with E-state index in [1.807, 2.05) is 13.0 Å². The average molecular weight is 375 g/mol. The summed E-state index contributed by atoms with van der Waals surface area (Å²) in [5, 5.41) is 12.2. The molecule has 2 aromatic rings. The Balaban J connectivity index is 1.90. The molecule has 0 saturated carbocycles. The first kappa shape index (κ1) is 20.5. The Bertz CT molecular complexity index is 886. The van der Waals surface area contributed by atoms with Crippen molar-refractivity contribution in [3.63, 3.8) is 0 Å². The van der Waals surface area contributed by atoms with E-state index in [-0.39, 0.29) is 18.0 Å². The van der Waals surface area contributed by atoms with E-state index in [2.05, 4.69) is 5.32 Å². The topological polar surface area (TPSA) is 106 Å². The molecule has 0 bridgehead atoms. The highest BCUT2D eigenvalue weighted by molar-refractivity contribution is 5.83. The minimum atomic E-state index is -0.808. The molecular weight excluding hydrogens is 350 g/mol. The number of ether oxygens (including phenoxy) is 1. The normalized spacial score (nSPS) is 12.0. The molecule has 0 spiro atoms. The van der Waals surface area contributed by atoms with Crippen LogP contribution in [0.1, 0.15) is 43.7 Å². The third-order valence-electron chi connectivity index (χ3n) is 4.48. The van der Waals surface area contributed by atoms with Gasteiger partial charge in [-0.05, 0) is 51.3 Å². The summed E-state index contributed by atoms with van der Waals surface area (Å²) in [6, 6.07) is 5.16. The summed E-state index contributed by atoms with van der Waals surface area (Å²) < 4.78 is 10.9. The first-order valence-electron chi connectivity index (χ1n) is 9.00. The quantitative estimate of drug-likeness (QED) is 0.516. The Morgan fingerprint density at radius 3 is 2.63 bits per heavy atom. The molecule has 1 aromatic heterocycles. The van der Waals surface area contributed by atoms with Gasteiger partial charge in [0.1, 0.15) is 11.3 Å². The zero-order valence-electron chi connectivity index (χ0n) is 15.8. The zero-order valence-corrected chi connectivity index (χ0v) is 15.8. The first-order chi connectivity index (χ1) is 12.8. The van der Waals surface area contributed by atoms with Crippen LogP contribution in [0.15, 0.2) is 27.4 Å². The molecule has 1 unspecified atom stereocenters. The fourth-order valence-corrected chi connectivity index (χ4v) is 2.69. The van der Waals surface area contributed by atoms with Gasteiger partial charge in [-0.15, -0.1) is 0 Å². The van der Waals surface area contributed by atoms with Gasteiger partial charge in [0.05, 0.1) is 0 Å². The number of fused-ring (bicyclic) bond motifs is 1. The molecule has 0 radical (unpaired) electrons. The van der Waals surface area contributed by atoms with E-state index in [0.717, 1.165) is 17.4 Å². The number of aliphatic carboxylic acids is 1. The van der Waals surface area contributed by atoms with Crippen LogP contribution in [0, 0.1) is 13.8 Å². The number of hydrogen-bond acceptors (Lipinski definition) is 5. The van der Waals surface area contributed by atoms with Crippen LogP contribution < -0.4 is 15.7 Å². The molecule has 146 valence electrons. The van der Waals surface area contributed by atoms with E-state index >= 15 is 0 Å². The van der Waals surface area contributed by atoms with Gasteiger partial charge in [-0.3, -0.25) is 9.59 Å². The van der Waals surface area contributed by atoms with Crippen molar-refractivity contribution >= 4 is 22.8 Å². The fraction of sp³-hybridized carbons (Fsp3) is 0.450. The SMILES string of the molecule is Cc1c(C)c2ccc(OC(C)C(=O)NCCCCCC(=O)O)cc2oc1=O. The highest BCUT2D eigenvalue weighted by Gasteiger charge is 2.15. The second-order valence-electron chi connectivity index (χ2n) is 6.55. The first-order valence-corrected chi connectivity index (χ1v) is 9.00. The van der Waals surface area contributed by atoms with Crippen molar-refractivity contribution in [2.45, 2.75) is 52.6 Å². The van der Waals surface area contributed by atoms with Crippen LogP contribution in [0.3, 0.4) is 0 Å². The number of amides is 1. The molecule has 0 saturated heterocycles. The van der Waals surface area contributed by atoms with Gasteiger partial charge >= 0.3 is 11.6 Å². The molecule has 27 heavy (non-hydrogen) atoms. The summed E-state index contributed by atoms with van der Waals surface area (Å²) in [4.78, 5) is 34.4. The highest BCUT2D eigenvalue weighted by Crippen LogP contribution is 2.24. The number of carbonyl (C=O) groups is 2. The molecule has 1 atom stereocenters. The Labute approximate surface area is 157 Å². The van der Waals surface area contributed by atoms with Crippen molar-refractivity contribution in [1.82, 2.24) is 5.32 Å². The maximum absolute atomic E-state index is 12.1. The lowest BCUT2D eigenvalue weighted by Gasteiger charge is -2.15. The van der Waals surface area contributed by atoms with E-state index in [0.29, 0.717) is 36.3 Å². The van der Waals surface area contributed by atoms with Crippen molar-refractivity contribution in [2.75, 3.05) is 6.54 Å². The molecule has 0 aliphatic rings. The number of carboxylic acid groups (broad SMARTS) is 1. The maximum atomic E-state index is 12.1. The number of nitrogens with one attached hydrogen (secondary N) is 1. The number of unbranched alkanes of at least 4 members (excludes halogenated alkanes) is 2. The highest BCUT2D eigenvalue weighted by atomic mass is 16.5. The van der Waals surface area contributed by atoms with Gasteiger partial charge in [0.2, 0.25) is 0 Å². The summed E-state index contributed by atoms with van der Waals surface area (Å²) in [6.07, 6.45) is 1.48. The molecular formula is C20H25NO6. The lowest BCUT2D eigenvalue weighted by atomic mass is 10.1. The van der Waals surface area contributed by atoms with Gasteiger partial charge in [0.15, 0.2) is 6.10 Å². The largest absolute Gasteiger partial charge is 0.481 e. The number of rotatable bonds is 9. The van der Waals surface area contributed by atoms with Crippen LogP contribution in [0.5, 0.6) is 5.75 Å². The third kappa shape index (κ3) is 5.57. The number of carbonyl (C=O) groups excluding carboxylic acids is 1. The zero-order chi connectivity index (χ0) is 20.0. The number of aryl methyl sites for hydroxylation is 1. The summed E-state index contributed by atoms with van der Waals surface area (Å²) in [7, 11) is 0. The second kappa shape index (κ2) is 9.21. The second-order valence-corrected chi connectivity index (χ2v) is 6.55. The summed E-state index contributed by atoms with van der Waals surface area (Å²) in [6.45, 7) is 5.69. The molecule has 2 N–H and O–H groups in total.